The van der Waals surface area contributed by atoms with Crippen LogP contribution < -0.4 is 0 Å². The molecule has 0 fully saturated rings. The maximum Gasteiger partial charge on any atom is 0.272 e. The SMILES string of the molecule is Cc1ccc(S(=O)(=O)c2nnnn2Cc2ccc(F)cc2)cc1. The van der Waals surface area contributed by atoms with Crippen LogP contribution in [0.15, 0.2) is 58.6 Å². The maximum atomic E-state index is 12.9. The van der Waals surface area contributed by atoms with Crippen LogP contribution in [-0.4, -0.2) is 28.6 Å². The second-order valence-electron chi connectivity index (χ2n) is 5.06. The summed E-state index contributed by atoms with van der Waals surface area (Å²) in [7, 11) is -3.82. The van der Waals surface area contributed by atoms with E-state index in [9.17, 15) is 12.8 Å². The number of hydrogen-bond acceptors (Lipinski definition) is 5. The molecule has 0 aliphatic heterocycles. The molecule has 0 spiro atoms. The third-order valence-corrected chi connectivity index (χ3v) is 4.98. The lowest BCUT2D eigenvalue weighted by atomic mass is 10.2. The number of aromatic nitrogens is 4. The van der Waals surface area contributed by atoms with Crippen molar-refractivity contribution in [3.8, 4) is 0 Å². The van der Waals surface area contributed by atoms with Gasteiger partial charge in [0.15, 0.2) is 0 Å². The molecule has 1 aromatic heterocycles. The number of aryl methyl sites for hydroxylation is 1. The molecule has 0 saturated heterocycles. The van der Waals surface area contributed by atoms with Crippen LogP contribution in [0.1, 0.15) is 11.1 Å². The first-order valence-corrected chi connectivity index (χ1v) is 8.27. The van der Waals surface area contributed by atoms with E-state index in [2.05, 4.69) is 15.5 Å². The maximum absolute atomic E-state index is 12.9. The number of benzene rings is 2. The van der Waals surface area contributed by atoms with Gasteiger partial charge in [0.05, 0.1) is 11.4 Å². The second-order valence-corrected chi connectivity index (χ2v) is 6.91. The Kier molecular flexibility index (Phi) is 3.91. The zero-order valence-electron chi connectivity index (χ0n) is 12.2. The van der Waals surface area contributed by atoms with Crippen LogP contribution in [-0.2, 0) is 16.4 Å². The standard InChI is InChI=1S/C15H13FN4O2S/c1-11-2-8-14(9-3-11)23(21,22)15-17-18-19-20(15)10-12-4-6-13(16)7-5-12/h2-9H,10H2,1H3. The van der Waals surface area contributed by atoms with E-state index >= 15 is 0 Å². The Hall–Kier alpha value is -2.61. The summed E-state index contributed by atoms with van der Waals surface area (Å²) < 4.78 is 39.4. The molecule has 0 bridgehead atoms. The number of nitrogens with zero attached hydrogens (tertiary/aromatic N) is 4. The van der Waals surface area contributed by atoms with Crippen molar-refractivity contribution in [3.63, 3.8) is 0 Å². The van der Waals surface area contributed by atoms with Gasteiger partial charge in [-0.1, -0.05) is 34.9 Å². The van der Waals surface area contributed by atoms with Crippen molar-refractivity contribution in [2.75, 3.05) is 0 Å². The van der Waals surface area contributed by atoms with Gasteiger partial charge in [-0.15, -0.1) is 0 Å². The van der Waals surface area contributed by atoms with Gasteiger partial charge in [0.1, 0.15) is 5.82 Å². The van der Waals surface area contributed by atoms with Crippen LogP contribution >= 0.6 is 0 Å². The molecule has 2 aromatic carbocycles. The Morgan fingerprint density at radius 1 is 1.04 bits per heavy atom. The summed E-state index contributed by atoms with van der Waals surface area (Å²) in [5.41, 5.74) is 1.65. The van der Waals surface area contributed by atoms with Crippen molar-refractivity contribution >= 4 is 9.84 Å². The van der Waals surface area contributed by atoms with Crippen LogP contribution in [0.3, 0.4) is 0 Å². The van der Waals surface area contributed by atoms with Gasteiger partial charge >= 0.3 is 0 Å². The van der Waals surface area contributed by atoms with Gasteiger partial charge < -0.3 is 0 Å². The minimum atomic E-state index is -3.82. The summed E-state index contributed by atoms with van der Waals surface area (Å²) in [5, 5.41) is 10.6. The lowest BCUT2D eigenvalue weighted by Crippen LogP contribution is -2.13. The van der Waals surface area contributed by atoms with Gasteiger partial charge in [0, 0.05) is 0 Å². The summed E-state index contributed by atoms with van der Waals surface area (Å²) in [6, 6.07) is 12.2. The quantitative estimate of drug-likeness (QED) is 0.730. The van der Waals surface area contributed by atoms with E-state index in [-0.39, 0.29) is 22.4 Å². The largest absolute Gasteiger partial charge is 0.272 e. The van der Waals surface area contributed by atoms with E-state index in [1.165, 1.54) is 28.9 Å². The van der Waals surface area contributed by atoms with E-state index in [1.807, 2.05) is 6.92 Å². The molecule has 0 aliphatic carbocycles. The average molecular weight is 332 g/mol. The lowest BCUT2D eigenvalue weighted by molar-refractivity contribution is 0.550. The molecule has 3 rings (SSSR count). The fourth-order valence-corrected chi connectivity index (χ4v) is 3.30. The van der Waals surface area contributed by atoms with Crippen LogP contribution in [0, 0.1) is 12.7 Å². The van der Waals surface area contributed by atoms with Crippen LogP contribution in [0.25, 0.3) is 0 Å². The molecule has 0 saturated carbocycles. The van der Waals surface area contributed by atoms with Gasteiger partial charge in [-0.05, 0) is 47.2 Å². The minimum Gasteiger partial charge on any atom is -0.215 e. The highest BCUT2D eigenvalue weighted by atomic mass is 32.2. The Labute approximate surface area is 132 Å². The lowest BCUT2D eigenvalue weighted by Gasteiger charge is -2.06. The molecule has 0 atom stereocenters. The van der Waals surface area contributed by atoms with Gasteiger partial charge in [-0.25, -0.2) is 17.5 Å². The molecule has 23 heavy (non-hydrogen) atoms. The van der Waals surface area contributed by atoms with Gasteiger partial charge in [-0.2, -0.15) is 0 Å². The fraction of sp³-hybridized carbons (Fsp3) is 0.133. The summed E-state index contributed by atoms with van der Waals surface area (Å²) >= 11 is 0. The molecule has 0 N–H and O–H groups in total. The van der Waals surface area contributed by atoms with Gasteiger partial charge in [-0.3, -0.25) is 0 Å². The van der Waals surface area contributed by atoms with Gasteiger partial charge in [0.25, 0.3) is 5.16 Å². The molecule has 0 amide bonds. The second kappa shape index (κ2) is 5.88. The Morgan fingerprint density at radius 2 is 1.70 bits per heavy atom. The fourth-order valence-electron chi connectivity index (χ4n) is 2.07. The number of hydrogen-bond donors (Lipinski definition) is 0. The van der Waals surface area contributed by atoms with E-state index < -0.39 is 9.84 Å². The third-order valence-electron chi connectivity index (χ3n) is 3.32. The Balaban J connectivity index is 1.96. The van der Waals surface area contributed by atoms with Crippen LogP contribution in [0.2, 0.25) is 0 Å². The molecule has 8 heteroatoms. The third kappa shape index (κ3) is 3.11. The first-order valence-electron chi connectivity index (χ1n) is 6.79. The molecular formula is C15H13FN4O2S. The van der Waals surface area contributed by atoms with Crippen molar-refractivity contribution in [3.05, 3.63) is 65.5 Å². The molecule has 0 radical (unpaired) electrons. The monoisotopic (exact) mass is 332 g/mol. The molecule has 0 unspecified atom stereocenters. The van der Waals surface area contributed by atoms with E-state index in [4.69, 9.17) is 0 Å². The Morgan fingerprint density at radius 3 is 2.35 bits per heavy atom. The zero-order valence-corrected chi connectivity index (χ0v) is 13.0. The zero-order chi connectivity index (χ0) is 16.4. The summed E-state index contributed by atoms with van der Waals surface area (Å²) in [5.74, 6) is -0.363. The van der Waals surface area contributed by atoms with Crippen molar-refractivity contribution in [2.45, 2.75) is 23.5 Å². The van der Waals surface area contributed by atoms with Crippen molar-refractivity contribution < 1.29 is 12.8 Å². The Bertz CT molecular complexity index is 919. The van der Waals surface area contributed by atoms with Gasteiger partial charge in [0.2, 0.25) is 9.84 Å². The number of tetrazole rings is 1. The van der Waals surface area contributed by atoms with E-state index in [0.29, 0.717) is 5.56 Å². The van der Waals surface area contributed by atoms with Crippen molar-refractivity contribution in [2.24, 2.45) is 0 Å². The molecule has 118 valence electrons. The summed E-state index contributed by atoms with van der Waals surface area (Å²) in [4.78, 5) is 0.123. The normalized spacial score (nSPS) is 11.6. The molecule has 6 nitrogen and oxygen atoms in total. The highest BCUT2D eigenvalue weighted by Crippen LogP contribution is 2.19. The summed E-state index contributed by atoms with van der Waals surface area (Å²) in [6.45, 7) is 2.00. The molecule has 1 heterocycles. The smallest absolute Gasteiger partial charge is 0.215 e. The summed E-state index contributed by atoms with van der Waals surface area (Å²) in [6.07, 6.45) is 0. The first-order chi connectivity index (χ1) is 11.0. The van der Waals surface area contributed by atoms with Crippen molar-refractivity contribution in [1.82, 2.24) is 20.2 Å². The molecular weight excluding hydrogens is 319 g/mol. The van der Waals surface area contributed by atoms with Crippen molar-refractivity contribution in [1.29, 1.82) is 0 Å². The average Bonchev–Trinajstić information content (AvgIpc) is 2.99. The van der Waals surface area contributed by atoms with Crippen LogP contribution in [0.5, 0.6) is 0 Å². The predicted molar refractivity (Wildman–Crippen MR) is 79.9 cm³/mol. The predicted octanol–water partition coefficient (Wildman–Crippen LogP) is 2.00. The molecule has 3 aromatic rings. The highest BCUT2D eigenvalue weighted by molar-refractivity contribution is 7.91. The first kappa shape index (κ1) is 15.3. The number of halogens is 1. The minimum absolute atomic E-state index is 0.123. The molecule has 0 aliphatic rings. The number of sulfone groups is 1. The number of rotatable bonds is 4. The topological polar surface area (TPSA) is 77.7 Å². The van der Waals surface area contributed by atoms with Crippen LogP contribution in [0.4, 0.5) is 4.39 Å². The van der Waals surface area contributed by atoms with E-state index in [0.717, 1.165) is 5.56 Å². The highest BCUT2D eigenvalue weighted by Gasteiger charge is 2.25. The van der Waals surface area contributed by atoms with E-state index in [1.54, 1.807) is 24.3 Å².